The van der Waals surface area contributed by atoms with Crippen LogP contribution in [0.25, 0.3) is 0 Å². The summed E-state index contributed by atoms with van der Waals surface area (Å²) < 4.78 is 26.2. The zero-order valence-corrected chi connectivity index (χ0v) is 12.3. The minimum Gasteiger partial charge on any atom is -0.397 e. The maximum Gasteiger partial charge on any atom is 0.240 e. The standard InChI is InChI=1S/C13H21N3O2S/c1-4-16-19(17,18)11-5-6-12(14)13(9-11)15-8-7-10(2)3/h5-7,9,15-16H,4,8,14H2,1-3H3. The van der Waals surface area contributed by atoms with E-state index in [9.17, 15) is 8.42 Å². The van der Waals surface area contributed by atoms with Gasteiger partial charge in [0.25, 0.3) is 0 Å². The van der Waals surface area contributed by atoms with Crippen LogP contribution in [0.2, 0.25) is 0 Å². The average Bonchev–Trinajstić information content (AvgIpc) is 2.30. The fourth-order valence-electron chi connectivity index (χ4n) is 1.49. The van der Waals surface area contributed by atoms with E-state index < -0.39 is 10.0 Å². The first-order valence-corrected chi connectivity index (χ1v) is 7.61. The van der Waals surface area contributed by atoms with E-state index in [1.807, 2.05) is 19.9 Å². The molecule has 0 saturated carbocycles. The SMILES string of the molecule is CCNS(=O)(=O)c1ccc(N)c(NCC=C(C)C)c1. The lowest BCUT2D eigenvalue weighted by atomic mass is 10.2. The van der Waals surface area contributed by atoms with Gasteiger partial charge in [0.15, 0.2) is 0 Å². The molecule has 0 atom stereocenters. The molecular formula is C13H21N3O2S. The summed E-state index contributed by atoms with van der Waals surface area (Å²) in [7, 11) is -3.45. The number of nitrogen functional groups attached to an aromatic ring is 1. The second-order valence-corrected chi connectivity index (χ2v) is 6.18. The van der Waals surface area contributed by atoms with Crippen LogP contribution in [0.1, 0.15) is 20.8 Å². The lowest BCUT2D eigenvalue weighted by Gasteiger charge is -2.11. The van der Waals surface area contributed by atoms with E-state index in [4.69, 9.17) is 5.73 Å². The van der Waals surface area contributed by atoms with Crippen LogP contribution in [-0.4, -0.2) is 21.5 Å². The molecule has 0 aliphatic carbocycles. The predicted octanol–water partition coefficient (Wildman–Crippen LogP) is 1.95. The van der Waals surface area contributed by atoms with Gasteiger partial charge in [0.05, 0.1) is 16.3 Å². The summed E-state index contributed by atoms with van der Waals surface area (Å²) in [6, 6.07) is 4.64. The molecule has 0 amide bonds. The highest BCUT2D eigenvalue weighted by atomic mass is 32.2. The maximum absolute atomic E-state index is 11.9. The van der Waals surface area contributed by atoms with Crippen LogP contribution in [0.5, 0.6) is 0 Å². The molecule has 0 bridgehead atoms. The molecule has 0 radical (unpaired) electrons. The first kappa shape index (κ1) is 15.5. The Morgan fingerprint density at radius 3 is 2.63 bits per heavy atom. The molecule has 0 fully saturated rings. The highest BCUT2D eigenvalue weighted by Gasteiger charge is 2.13. The van der Waals surface area contributed by atoms with Gasteiger partial charge >= 0.3 is 0 Å². The van der Waals surface area contributed by atoms with Gasteiger partial charge in [-0.3, -0.25) is 0 Å². The minimum absolute atomic E-state index is 0.211. The predicted molar refractivity (Wildman–Crippen MR) is 79.6 cm³/mol. The van der Waals surface area contributed by atoms with E-state index in [1.54, 1.807) is 19.1 Å². The number of rotatable bonds is 6. The molecule has 0 saturated heterocycles. The Bertz CT molecular complexity index is 561. The van der Waals surface area contributed by atoms with E-state index in [-0.39, 0.29) is 4.90 Å². The molecule has 0 spiro atoms. The fourth-order valence-corrected chi connectivity index (χ4v) is 2.56. The van der Waals surface area contributed by atoms with Crippen molar-refractivity contribution in [2.75, 3.05) is 24.1 Å². The quantitative estimate of drug-likeness (QED) is 0.550. The third-order valence-corrected chi connectivity index (χ3v) is 4.02. The zero-order chi connectivity index (χ0) is 14.5. The van der Waals surface area contributed by atoms with Crippen LogP contribution in [0.15, 0.2) is 34.7 Å². The number of nitrogens with two attached hydrogens (primary N) is 1. The van der Waals surface area contributed by atoms with Crippen molar-refractivity contribution in [1.82, 2.24) is 4.72 Å². The smallest absolute Gasteiger partial charge is 0.240 e. The molecule has 5 nitrogen and oxygen atoms in total. The Morgan fingerprint density at radius 2 is 2.05 bits per heavy atom. The Balaban J connectivity index is 2.98. The summed E-state index contributed by atoms with van der Waals surface area (Å²) >= 11 is 0. The van der Waals surface area contributed by atoms with Gasteiger partial charge in [-0.1, -0.05) is 18.6 Å². The number of hydrogen-bond donors (Lipinski definition) is 3. The molecule has 0 aliphatic rings. The van der Waals surface area contributed by atoms with E-state index >= 15 is 0 Å². The van der Waals surface area contributed by atoms with Crippen LogP contribution in [0, 0.1) is 0 Å². The third-order valence-electron chi connectivity index (χ3n) is 2.47. The van der Waals surface area contributed by atoms with Crippen LogP contribution < -0.4 is 15.8 Å². The molecule has 0 heterocycles. The molecule has 1 rings (SSSR count). The molecule has 0 unspecified atom stereocenters. The molecule has 4 N–H and O–H groups in total. The van der Waals surface area contributed by atoms with Gasteiger partial charge in [-0.15, -0.1) is 0 Å². The number of nitrogens with one attached hydrogen (secondary N) is 2. The first-order chi connectivity index (χ1) is 8.86. The summed E-state index contributed by atoms with van der Waals surface area (Å²) in [6.45, 7) is 6.70. The van der Waals surface area contributed by atoms with Crippen LogP contribution in [0.3, 0.4) is 0 Å². The van der Waals surface area contributed by atoms with Gasteiger partial charge in [-0.25, -0.2) is 13.1 Å². The van der Waals surface area contributed by atoms with E-state index in [2.05, 4.69) is 10.0 Å². The third kappa shape index (κ3) is 4.57. The normalized spacial score (nSPS) is 11.1. The van der Waals surface area contributed by atoms with Crippen LogP contribution in [-0.2, 0) is 10.0 Å². The Hall–Kier alpha value is -1.53. The van der Waals surface area contributed by atoms with Gasteiger partial charge in [0.2, 0.25) is 10.0 Å². The van der Waals surface area contributed by atoms with E-state index in [0.29, 0.717) is 24.5 Å². The monoisotopic (exact) mass is 283 g/mol. The Kier molecular flexibility index (Phi) is 5.38. The first-order valence-electron chi connectivity index (χ1n) is 6.13. The fraction of sp³-hybridized carbons (Fsp3) is 0.385. The average molecular weight is 283 g/mol. The molecule has 1 aromatic rings. The molecule has 106 valence electrons. The van der Waals surface area contributed by atoms with Crippen molar-refractivity contribution < 1.29 is 8.42 Å². The molecule has 6 heteroatoms. The second-order valence-electron chi connectivity index (χ2n) is 4.41. The van der Waals surface area contributed by atoms with Crippen LogP contribution >= 0.6 is 0 Å². The summed E-state index contributed by atoms with van der Waals surface area (Å²) in [5.41, 5.74) is 8.16. The van der Waals surface area contributed by atoms with Gasteiger partial charge in [0, 0.05) is 13.1 Å². The van der Waals surface area contributed by atoms with E-state index in [0.717, 1.165) is 0 Å². The topological polar surface area (TPSA) is 84.2 Å². The number of hydrogen-bond acceptors (Lipinski definition) is 4. The maximum atomic E-state index is 11.9. The Morgan fingerprint density at radius 1 is 1.37 bits per heavy atom. The molecule has 0 aromatic heterocycles. The molecular weight excluding hydrogens is 262 g/mol. The highest BCUT2D eigenvalue weighted by molar-refractivity contribution is 7.89. The van der Waals surface area contributed by atoms with Crippen molar-refractivity contribution in [2.45, 2.75) is 25.7 Å². The van der Waals surface area contributed by atoms with Gasteiger partial charge in [-0.05, 0) is 32.0 Å². The van der Waals surface area contributed by atoms with Gasteiger partial charge in [-0.2, -0.15) is 0 Å². The number of benzene rings is 1. The summed E-state index contributed by atoms with van der Waals surface area (Å²) in [4.78, 5) is 0.211. The van der Waals surface area contributed by atoms with E-state index in [1.165, 1.54) is 11.6 Å². The van der Waals surface area contributed by atoms with Crippen molar-refractivity contribution in [1.29, 1.82) is 0 Å². The van der Waals surface area contributed by atoms with Crippen molar-refractivity contribution in [2.24, 2.45) is 0 Å². The number of anilines is 2. The summed E-state index contributed by atoms with van der Waals surface area (Å²) in [5.74, 6) is 0. The number of sulfonamides is 1. The van der Waals surface area contributed by atoms with Crippen molar-refractivity contribution in [3.63, 3.8) is 0 Å². The lowest BCUT2D eigenvalue weighted by Crippen LogP contribution is -2.23. The van der Waals surface area contributed by atoms with Crippen LogP contribution in [0.4, 0.5) is 11.4 Å². The summed E-state index contributed by atoms with van der Waals surface area (Å²) in [5, 5.41) is 3.11. The van der Waals surface area contributed by atoms with Gasteiger partial charge in [0.1, 0.15) is 0 Å². The van der Waals surface area contributed by atoms with Crippen molar-refractivity contribution >= 4 is 21.4 Å². The molecule has 0 aliphatic heterocycles. The summed E-state index contributed by atoms with van der Waals surface area (Å²) in [6.07, 6.45) is 2.00. The zero-order valence-electron chi connectivity index (χ0n) is 11.5. The van der Waals surface area contributed by atoms with Crippen molar-refractivity contribution in [3.05, 3.63) is 29.8 Å². The Labute approximate surface area is 114 Å². The largest absolute Gasteiger partial charge is 0.397 e. The minimum atomic E-state index is -3.45. The van der Waals surface area contributed by atoms with Crippen molar-refractivity contribution in [3.8, 4) is 0 Å². The second kappa shape index (κ2) is 6.58. The number of allylic oxidation sites excluding steroid dienone is 1. The highest BCUT2D eigenvalue weighted by Crippen LogP contribution is 2.22. The lowest BCUT2D eigenvalue weighted by molar-refractivity contribution is 0.584. The molecule has 1 aromatic carbocycles. The molecule has 19 heavy (non-hydrogen) atoms. The van der Waals surface area contributed by atoms with Gasteiger partial charge < -0.3 is 11.1 Å².